The summed E-state index contributed by atoms with van der Waals surface area (Å²) in [7, 11) is 0. The minimum absolute atomic E-state index is 0.0783. The fourth-order valence-electron chi connectivity index (χ4n) is 1.92. The van der Waals surface area contributed by atoms with Crippen molar-refractivity contribution in [1.82, 2.24) is 4.57 Å². The first-order valence-electron chi connectivity index (χ1n) is 5.17. The summed E-state index contributed by atoms with van der Waals surface area (Å²) in [5.41, 5.74) is 8.44. The number of hydrogen-bond acceptors (Lipinski definition) is 1. The zero-order valence-electron chi connectivity index (χ0n) is 9.00. The molecule has 2 N–H and O–H groups in total. The number of fused-ring (bicyclic) bond motifs is 1. The number of aryl methyl sites for hydroxylation is 1. The van der Waals surface area contributed by atoms with Gasteiger partial charge in [-0.1, -0.05) is 15.9 Å². The van der Waals surface area contributed by atoms with Crippen LogP contribution in [-0.2, 0) is 6.54 Å². The molecule has 0 saturated carbocycles. The lowest BCUT2D eigenvalue weighted by Gasteiger charge is -2.02. The van der Waals surface area contributed by atoms with Crippen LogP contribution in [0.2, 0.25) is 0 Å². The molecule has 2 nitrogen and oxygen atoms in total. The molecule has 1 aromatic carbocycles. The van der Waals surface area contributed by atoms with Gasteiger partial charge >= 0.3 is 0 Å². The molecule has 1 atom stereocenters. The molecule has 0 fully saturated rings. The van der Waals surface area contributed by atoms with E-state index in [0.717, 1.165) is 11.0 Å². The van der Waals surface area contributed by atoms with Crippen molar-refractivity contribution < 1.29 is 0 Å². The standard InChI is InChI=1S/C12H15BrN2/c1-3-15-7-11(8(2)14)10-6-9(13)4-5-12(10)15/h4-8H,3,14H2,1-2H3. The monoisotopic (exact) mass is 266 g/mol. The van der Waals surface area contributed by atoms with Gasteiger partial charge in [-0.2, -0.15) is 0 Å². The molecular formula is C12H15BrN2. The van der Waals surface area contributed by atoms with Crippen LogP contribution in [0.25, 0.3) is 10.9 Å². The smallest absolute Gasteiger partial charge is 0.0484 e. The maximum atomic E-state index is 5.97. The van der Waals surface area contributed by atoms with Gasteiger partial charge in [0, 0.05) is 34.2 Å². The number of halogens is 1. The van der Waals surface area contributed by atoms with Crippen molar-refractivity contribution in [3.63, 3.8) is 0 Å². The van der Waals surface area contributed by atoms with E-state index in [0.29, 0.717) is 0 Å². The highest BCUT2D eigenvalue weighted by atomic mass is 79.9. The largest absolute Gasteiger partial charge is 0.347 e. The Morgan fingerprint density at radius 2 is 2.20 bits per heavy atom. The van der Waals surface area contributed by atoms with Crippen LogP contribution in [0, 0.1) is 0 Å². The van der Waals surface area contributed by atoms with Crippen LogP contribution in [0.15, 0.2) is 28.9 Å². The van der Waals surface area contributed by atoms with Gasteiger partial charge in [0.25, 0.3) is 0 Å². The van der Waals surface area contributed by atoms with E-state index in [4.69, 9.17) is 5.73 Å². The molecule has 0 aliphatic rings. The Labute approximate surface area is 98.2 Å². The van der Waals surface area contributed by atoms with Crippen LogP contribution in [0.4, 0.5) is 0 Å². The lowest BCUT2D eigenvalue weighted by atomic mass is 10.1. The van der Waals surface area contributed by atoms with Gasteiger partial charge in [0.2, 0.25) is 0 Å². The van der Waals surface area contributed by atoms with Gasteiger partial charge in [-0.05, 0) is 37.6 Å². The second-order valence-corrected chi connectivity index (χ2v) is 4.74. The van der Waals surface area contributed by atoms with E-state index in [2.05, 4.69) is 51.8 Å². The minimum Gasteiger partial charge on any atom is -0.347 e. The number of nitrogens with two attached hydrogens (primary N) is 1. The third kappa shape index (κ3) is 1.82. The fraction of sp³-hybridized carbons (Fsp3) is 0.333. The number of benzene rings is 1. The molecule has 1 unspecified atom stereocenters. The molecule has 3 heteroatoms. The summed E-state index contributed by atoms with van der Waals surface area (Å²) in [6.45, 7) is 5.15. The Bertz CT molecular complexity index is 486. The zero-order valence-corrected chi connectivity index (χ0v) is 10.6. The summed E-state index contributed by atoms with van der Waals surface area (Å²) in [5, 5.41) is 1.25. The van der Waals surface area contributed by atoms with E-state index in [1.54, 1.807) is 0 Å². The fourth-order valence-corrected chi connectivity index (χ4v) is 2.28. The predicted octanol–water partition coefficient (Wildman–Crippen LogP) is 3.44. The summed E-state index contributed by atoms with van der Waals surface area (Å²) in [5.74, 6) is 0. The number of aromatic nitrogens is 1. The zero-order chi connectivity index (χ0) is 11.0. The Morgan fingerprint density at radius 1 is 1.47 bits per heavy atom. The second-order valence-electron chi connectivity index (χ2n) is 3.82. The van der Waals surface area contributed by atoms with Gasteiger partial charge in [0.15, 0.2) is 0 Å². The Hall–Kier alpha value is -0.800. The van der Waals surface area contributed by atoms with Crippen LogP contribution in [-0.4, -0.2) is 4.57 Å². The molecule has 1 aromatic heterocycles. The van der Waals surface area contributed by atoms with Gasteiger partial charge in [0.1, 0.15) is 0 Å². The molecule has 0 saturated heterocycles. The molecule has 0 radical (unpaired) electrons. The van der Waals surface area contributed by atoms with Gasteiger partial charge in [0.05, 0.1) is 0 Å². The van der Waals surface area contributed by atoms with Crippen LogP contribution in [0.3, 0.4) is 0 Å². The van der Waals surface area contributed by atoms with E-state index < -0.39 is 0 Å². The van der Waals surface area contributed by atoms with Crippen molar-refractivity contribution in [3.05, 3.63) is 34.4 Å². The Kier molecular flexibility index (Phi) is 2.85. The lowest BCUT2D eigenvalue weighted by Crippen LogP contribution is -2.03. The quantitative estimate of drug-likeness (QED) is 0.887. The average molecular weight is 267 g/mol. The van der Waals surface area contributed by atoms with Gasteiger partial charge in [-0.3, -0.25) is 0 Å². The lowest BCUT2D eigenvalue weighted by molar-refractivity contribution is 0.770. The highest BCUT2D eigenvalue weighted by Gasteiger charge is 2.10. The van der Waals surface area contributed by atoms with E-state index in [9.17, 15) is 0 Å². The highest BCUT2D eigenvalue weighted by molar-refractivity contribution is 9.10. The SMILES string of the molecule is CCn1cc(C(C)N)c2cc(Br)ccc21. The molecule has 0 bridgehead atoms. The first kappa shape index (κ1) is 10.7. The second kappa shape index (κ2) is 3.99. The van der Waals surface area contributed by atoms with E-state index in [-0.39, 0.29) is 6.04 Å². The van der Waals surface area contributed by atoms with Crippen molar-refractivity contribution in [3.8, 4) is 0 Å². The normalized spacial score (nSPS) is 13.3. The van der Waals surface area contributed by atoms with Gasteiger partial charge in [-0.15, -0.1) is 0 Å². The van der Waals surface area contributed by atoms with Crippen molar-refractivity contribution in [2.24, 2.45) is 5.73 Å². The summed E-state index contributed by atoms with van der Waals surface area (Å²) in [6, 6.07) is 6.42. The maximum Gasteiger partial charge on any atom is 0.0484 e. The summed E-state index contributed by atoms with van der Waals surface area (Å²) < 4.78 is 3.34. The summed E-state index contributed by atoms with van der Waals surface area (Å²) in [6.07, 6.45) is 2.15. The van der Waals surface area contributed by atoms with Crippen molar-refractivity contribution >= 4 is 26.8 Å². The first-order valence-corrected chi connectivity index (χ1v) is 5.96. The average Bonchev–Trinajstić information content (AvgIpc) is 2.55. The molecular weight excluding hydrogens is 252 g/mol. The molecule has 80 valence electrons. The number of hydrogen-bond donors (Lipinski definition) is 1. The molecule has 2 rings (SSSR count). The van der Waals surface area contributed by atoms with Crippen LogP contribution in [0.1, 0.15) is 25.5 Å². The maximum absolute atomic E-state index is 5.97. The van der Waals surface area contributed by atoms with Crippen molar-refractivity contribution in [2.75, 3.05) is 0 Å². The Balaban J connectivity index is 2.76. The molecule has 0 aliphatic heterocycles. The van der Waals surface area contributed by atoms with Gasteiger partial charge in [-0.25, -0.2) is 0 Å². The molecule has 0 amide bonds. The third-order valence-corrected chi connectivity index (χ3v) is 3.20. The molecule has 1 heterocycles. The number of nitrogens with zero attached hydrogens (tertiary/aromatic N) is 1. The van der Waals surface area contributed by atoms with Crippen LogP contribution < -0.4 is 5.73 Å². The van der Waals surface area contributed by atoms with Gasteiger partial charge < -0.3 is 10.3 Å². The third-order valence-electron chi connectivity index (χ3n) is 2.71. The van der Waals surface area contributed by atoms with E-state index >= 15 is 0 Å². The molecule has 0 spiro atoms. The predicted molar refractivity (Wildman–Crippen MR) is 67.9 cm³/mol. The van der Waals surface area contributed by atoms with E-state index in [1.165, 1.54) is 16.5 Å². The van der Waals surface area contributed by atoms with Crippen molar-refractivity contribution in [1.29, 1.82) is 0 Å². The van der Waals surface area contributed by atoms with Crippen molar-refractivity contribution in [2.45, 2.75) is 26.4 Å². The Morgan fingerprint density at radius 3 is 2.80 bits per heavy atom. The highest BCUT2D eigenvalue weighted by Crippen LogP contribution is 2.28. The first-order chi connectivity index (χ1) is 7.13. The molecule has 2 aromatic rings. The number of rotatable bonds is 2. The minimum atomic E-state index is 0.0783. The van der Waals surface area contributed by atoms with Crippen LogP contribution in [0.5, 0.6) is 0 Å². The van der Waals surface area contributed by atoms with Crippen LogP contribution >= 0.6 is 15.9 Å². The topological polar surface area (TPSA) is 30.9 Å². The molecule has 15 heavy (non-hydrogen) atoms. The summed E-state index contributed by atoms with van der Waals surface area (Å²) >= 11 is 3.50. The summed E-state index contributed by atoms with van der Waals surface area (Å²) in [4.78, 5) is 0. The molecule has 0 aliphatic carbocycles. The van der Waals surface area contributed by atoms with E-state index in [1.807, 2.05) is 6.92 Å².